The van der Waals surface area contributed by atoms with E-state index in [9.17, 15) is 38.1 Å². The fourth-order valence-electron chi connectivity index (χ4n) is 10.2. The fourth-order valence-corrected chi connectivity index (χ4v) is 13.2. The Hall–Kier alpha value is -4.26. The Labute approximate surface area is 374 Å². The Balaban J connectivity index is 1.56. The minimum absolute atomic E-state index is 0.0131. The van der Waals surface area contributed by atoms with Crippen molar-refractivity contribution in [3.63, 3.8) is 0 Å². The van der Waals surface area contributed by atoms with Crippen LogP contribution in [0.25, 0.3) is 6.08 Å². The van der Waals surface area contributed by atoms with Gasteiger partial charge in [0.25, 0.3) is 0 Å². The molecule has 9 atom stereocenters. The summed E-state index contributed by atoms with van der Waals surface area (Å²) in [6, 6.07) is -1.16. The van der Waals surface area contributed by atoms with E-state index in [1.165, 1.54) is 37.2 Å². The maximum atomic E-state index is 16.1. The summed E-state index contributed by atoms with van der Waals surface area (Å²) in [5, 5.41) is 4.34. The molecular formula is C41H53N4O17P3. The van der Waals surface area contributed by atoms with Crippen LogP contribution in [0.4, 0.5) is 5.95 Å². The number of anilines is 1. The summed E-state index contributed by atoms with van der Waals surface area (Å²) in [7, 11) is -16.7. The van der Waals surface area contributed by atoms with Gasteiger partial charge in [0.15, 0.2) is 28.5 Å². The molecule has 354 valence electrons. The van der Waals surface area contributed by atoms with E-state index < -0.39 is 98.5 Å². The third kappa shape index (κ3) is 8.54. The zero-order valence-corrected chi connectivity index (χ0v) is 39.8. The van der Waals surface area contributed by atoms with E-state index in [1.807, 2.05) is 39.8 Å². The maximum Gasteiger partial charge on any atom is 0.536 e. The number of methoxy groups -OCH3 is 1. The second kappa shape index (κ2) is 16.5. The summed E-state index contributed by atoms with van der Waals surface area (Å²) >= 11 is 0. The molecule has 65 heavy (non-hydrogen) atoms. The van der Waals surface area contributed by atoms with Crippen molar-refractivity contribution in [1.29, 1.82) is 0 Å². The number of carbonyl (C=O) groups excluding carboxylic acids is 3. The molecule has 24 heteroatoms. The highest BCUT2D eigenvalue weighted by Gasteiger charge is 2.86. The highest BCUT2D eigenvalue weighted by molar-refractivity contribution is 7.66. The van der Waals surface area contributed by atoms with Crippen LogP contribution < -0.4 is 19.7 Å². The number of ketones is 2. The molecule has 1 spiro atoms. The molecule has 6 aliphatic rings. The first-order chi connectivity index (χ1) is 30.0. The number of nitrogens with zero attached hydrogens (tertiary/aromatic N) is 3. The number of rotatable bonds is 15. The molecule has 1 saturated heterocycles. The number of Topliss-reactive ketones (excluding diaryl/α,β-unsaturated/α-hetero) is 2. The topological polar surface area (TPSA) is 305 Å². The number of benzene rings is 1. The standard InChI is InChI=1S/C41H53N4O17P3/c1-21(2)11-10-16-39(8)17-15-25-32(57-39)24(13-12-22(3)4)33-28(34(25)59-64(52,53)62-65(54,55)61-63(49,50)51)31(46)29-30(45-20-43-37(42)44-45)26-19-27-38(6,7)60-40(35(26)47,41(27,29)58-33)18-14-23(5)36(48)56-9/h11-12,14-15,17,20,26-27,29-30H,10,13,16,18-19H2,1-9H3,(H2,42,44)(H,52,53)(H,54,55)(H2,49,50,51). The Bertz CT molecular complexity index is 2640. The molecule has 3 aliphatic heterocycles. The van der Waals surface area contributed by atoms with E-state index in [0.29, 0.717) is 12.8 Å². The summed E-state index contributed by atoms with van der Waals surface area (Å²) in [5.41, 5.74) is 1.61. The summed E-state index contributed by atoms with van der Waals surface area (Å²) < 4.78 is 79.3. The predicted octanol–water partition coefficient (Wildman–Crippen LogP) is 6.43. The van der Waals surface area contributed by atoms with Crippen molar-refractivity contribution in [2.45, 2.75) is 116 Å². The number of carbonyl (C=O) groups is 3. The number of fused-ring (bicyclic) bond motifs is 2. The lowest BCUT2D eigenvalue weighted by molar-refractivity contribution is -0.209. The molecule has 2 aromatic rings. The molecule has 1 aromatic heterocycles. The number of esters is 1. The van der Waals surface area contributed by atoms with Gasteiger partial charge >= 0.3 is 29.4 Å². The van der Waals surface area contributed by atoms with Crippen molar-refractivity contribution in [2.75, 3.05) is 12.8 Å². The number of phosphoric ester groups is 1. The predicted molar refractivity (Wildman–Crippen MR) is 230 cm³/mol. The zero-order valence-electron chi connectivity index (χ0n) is 37.2. The van der Waals surface area contributed by atoms with Gasteiger partial charge in [0.1, 0.15) is 29.0 Å². The second-order valence-corrected chi connectivity index (χ2v) is 22.5. The second-order valence-electron chi connectivity index (χ2n) is 18.2. The van der Waals surface area contributed by atoms with Crippen LogP contribution >= 0.6 is 23.5 Å². The lowest BCUT2D eigenvalue weighted by atomic mass is 9.45. The lowest BCUT2D eigenvalue weighted by Gasteiger charge is -2.62. The summed E-state index contributed by atoms with van der Waals surface area (Å²) in [6.07, 6.45) is 10.6. The van der Waals surface area contributed by atoms with Gasteiger partial charge in [-0.15, -0.1) is 5.10 Å². The first-order valence-electron chi connectivity index (χ1n) is 20.6. The minimum atomic E-state index is -6.07. The van der Waals surface area contributed by atoms with E-state index in [0.717, 1.165) is 11.1 Å². The number of nitrogens with two attached hydrogens (primary N) is 1. The van der Waals surface area contributed by atoms with E-state index in [2.05, 4.69) is 18.7 Å². The highest BCUT2D eigenvalue weighted by Crippen LogP contribution is 2.73. The van der Waals surface area contributed by atoms with Crippen LogP contribution in [0.3, 0.4) is 0 Å². The quantitative estimate of drug-likeness (QED) is 0.0555. The van der Waals surface area contributed by atoms with Crippen LogP contribution in [0, 0.1) is 17.8 Å². The zero-order chi connectivity index (χ0) is 48.0. The minimum Gasteiger partial charge on any atom is -0.482 e. The Kier molecular flexibility index (Phi) is 12.4. The number of allylic oxidation sites excluding steroid dienone is 4. The molecule has 4 fully saturated rings. The van der Waals surface area contributed by atoms with Gasteiger partial charge < -0.3 is 43.9 Å². The van der Waals surface area contributed by atoms with Crippen LogP contribution in [0.5, 0.6) is 17.2 Å². The number of hydrogen-bond acceptors (Lipinski definition) is 16. The lowest BCUT2D eigenvalue weighted by Crippen LogP contribution is -2.78. The first-order valence-corrected chi connectivity index (χ1v) is 25.1. The summed E-state index contributed by atoms with van der Waals surface area (Å²) in [4.78, 5) is 88.3. The van der Waals surface area contributed by atoms with Crippen molar-refractivity contribution in [3.05, 3.63) is 64.0 Å². The molecule has 9 unspecified atom stereocenters. The number of nitrogen functional groups attached to an aromatic ring is 1. The number of ether oxygens (including phenoxy) is 4. The highest BCUT2D eigenvalue weighted by atomic mass is 31.3. The van der Waals surface area contributed by atoms with E-state index in [1.54, 1.807) is 26.8 Å². The largest absolute Gasteiger partial charge is 0.536 e. The van der Waals surface area contributed by atoms with Gasteiger partial charge in [-0.05, 0) is 93.2 Å². The third-order valence-electron chi connectivity index (χ3n) is 12.7. The van der Waals surface area contributed by atoms with Gasteiger partial charge in [-0.2, -0.15) is 8.62 Å². The Morgan fingerprint density at radius 1 is 0.969 bits per heavy atom. The first kappa shape index (κ1) is 48.7. The van der Waals surface area contributed by atoms with Crippen molar-refractivity contribution >= 4 is 53.0 Å². The summed E-state index contributed by atoms with van der Waals surface area (Å²) in [5.74, 6) is -6.27. The molecule has 4 heterocycles. The van der Waals surface area contributed by atoms with Crippen molar-refractivity contribution < 1.29 is 79.7 Å². The Morgan fingerprint density at radius 2 is 1.65 bits per heavy atom. The fraction of sp³-hybridized carbons (Fsp3) is 0.537. The molecule has 3 aliphatic carbocycles. The SMILES string of the molecule is COC(=O)C(C)=CCC12OC(C)(C)C3CC(C1=O)C(n1cnc(N)n1)C1C(=O)c4c(OP(=O)(O)OP(=O)(O)OP(=O)(O)O)c5c(c(CC=C(C)C)c4OC132)OC(C)(CCC=C(C)C)C=C5. The van der Waals surface area contributed by atoms with Gasteiger partial charge in [-0.3, -0.25) is 14.5 Å². The average molecular weight is 967 g/mol. The number of hydrogen-bond donors (Lipinski definition) is 5. The molecule has 6 N–H and O–H groups in total. The van der Waals surface area contributed by atoms with Crippen LogP contribution in [0.15, 0.2) is 47.4 Å². The molecule has 21 nitrogen and oxygen atoms in total. The number of aromatic nitrogens is 3. The third-order valence-corrected chi connectivity index (χ3v) is 16.4. The van der Waals surface area contributed by atoms with Crippen LogP contribution in [0.1, 0.15) is 109 Å². The monoisotopic (exact) mass is 966 g/mol. The normalized spacial score (nSPS) is 30.1. The van der Waals surface area contributed by atoms with Crippen molar-refractivity contribution in [1.82, 2.24) is 14.8 Å². The molecule has 8 rings (SSSR count). The van der Waals surface area contributed by atoms with Gasteiger partial charge in [0.05, 0.1) is 30.2 Å². The molecule has 1 aromatic carbocycles. The van der Waals surface area contributed by atoms with Crippen LogP contribution in [0.2, 0.25) is 0 Å². The maximum absolute atomic E-state index is 16.1. The van der Waals surface area contributed by atoms with E-state index in [4.69, 9.17) is 29.2 Å². The Morgan fingerprint density at radius 3 is 2.25 bits per heavy atom. The molecular weight excluding hydrogens is 913 g/mol. The van der Waals surface area contributed by atoms with Gasteiger partial charge in [-0.1, -0.05) is 29.4 Å². The summed E-state index contributed by atoms with van der Waals surface area (Å²) in [6.45, 7) is 14.4. The van der Waals surface area contributed by atoms with E-state index in [-0.39, 0.29) is 53.4 Å². The molecule has 0 amide bonds. The van der Waals surface area contributed by atoms with Crippen LogP contribution in [-0.2, 0) is 47.8 Å². The smallest absolute Gasteiger partial charge is 0.482 e. The average Bonchev–Trinajstić information content (AvgIpc) is 3.66. The molecule has 3 saturated carbocycles. The van der Waals surface area contributed by atoms with Gasteiger partial charge in [-0.25, -0.2) is 28.2 Å². The van der Waals surface area contributed by atoms with Gasteiger partial charge in [0, 0.05) is 29.4 Å². The van der Waals surface area contributed by atoms with Gasteiger partial charge in [0.2, 0.25) is 5.95 Å². The van der Waals surface area contributed by atoms with Crippen molar-refractivity contribution in [2.24, 2.45) is 17.8 Å². The van der Waals surface area contributed by atoms with E-state index >= 15 is 9.59 Å². The van der Waals surface area contributed by atoms with Crippen molar-refractivity contribution in [3.8, 4) is 17.2 Å². The molecule has 0 radical (unpaired) electrons. The number of phosphoric acid groups is 3. The van der Waals surface area contributed by atoms with Crippen LogP contribution in [-0.4, -0.2) is 81.4 Å². The molecule has 4 bridgehead atoms.